The molecular formula is C18H19N5O2. The van der Waals surface area contributed by atoms with E-state index >= 15 is 0 Å². The van der Waals surface area contributed by atoms with Crippen molar-refractivity contribution in [3.05, 3.63) is 54.0 Å². The van der Waals surface area contributed by atoms with Crippen molar-refractivity contribution < 1.29 is 9.90 Å². The zero-order valence-electron chi connectivity index (χ0n) is 13.8. The number of nitrogens with zero attached hydrogens (tertiary/aromatic N) is 2. The number of phenols is 1. The van der Waals surface area contributed by atoms with Crippen LogP contribution in [0.1, 0.15) is 19.0 Å². The van der Waals surface area contributed by atoms with Crippen molar-refractivity contribution in [2.24, 2.45) is 0 Å². The summed E-state index contributed by atoms with van der Waals surface area (Å²) >= 11 is 0. The number of rotatable bonds is 4. The van der Waals surface area contributed by atoms with Gasteiger partial charge in [-0.15, -0.1) is 0 Å². The Bertz CT molecular complexity index is 874. The second-order valence-electron chi connectivity index (χ2n) is 5.57. The van der Waals surface area contributed by atoms with Crippen LogP contribution >= 0.6 is 0 Å². The third kappa shape index (κ3) is 3.77. The highest BCUT2D eigenvalue weighted by Gasteiger charge is 2.13. The maximum atomic E-state index is 11.5. The molecule has 0 radical (unpaired) electrons. The Morgan fingerprint density at radius 1 is 1.40 bits per heavy atom. The molecule has 5 N–H and O–H groups in total. The molecule has 7 heteroatoms. The molecule has 25 heavy (non-hydrogen) atoms. The summed E-state index contributed by atoms with van der Waals surface area (Å²) in [6.07, 6.45) is 5.82. The average Bonchev–Trinajstić information content (AvgIpc) is 2.60. The fraction of sp³-hybridized carbons (Fsp3) is 0.167. The molecule has 1 aromatic heterocycles. The van der Waals surface area contributed by atoms with Crippen LogP contribution in [0.25, 0.3) is 17.1 Å². The monoisotopic (exact) mass is 337 g/mol. The van der Waals surface area contributed by atoms with Gasteiger partial charge in [-0.05, 0) is 25.1 Å². The lowest BCUT2D eigenvalue weighted by Crippen LogP contribution is -2.30. The van der Waals surface area contributed by atoms with Gasteiger partial charge in [-0.3, -0.25) is 4.79 Å². The number of carbonyl (C=O) groups excluding carboxylic acids is 1. The predicted octanol–water partition coefficient (Wildman–Crippen LogP) is 1.79. The number of benzene rings is 1. The first-order valence-electron chi connectivity index (χ1n) is 7.91. The van der Waals surface area contributed by atoms with Gasteiger partial charge in [0.2, 0.25) is 5.91 Å². The van der Waals surface area contributed by atoms with Gasteiger partial charge in [-0.1, -0.05) is 6.08 Å². The fourth-order valence-corrected chi connectivity index (χ4v) is 2.55. The Labute approximate surface area is 145 Å². The van der Waals surface area contributed by atoms with Crippen LogP contribution in [0, 0.1) is 0 Å². The Morgan fingerprint density at radius 2 is 2.24 bits per heavy atom. The molecule has 1 aliphatic rings. The molecule has 0 bridgehead atoms. The first-order chi connectivity index (χ1) is 12.1. The van der Waals surface area contributed by atoms with Gasteiger partial charge in [0.25, 0.3) is 0 Å². The van der Waals surface area contributed by atoms with Gasteiger partial charge >= 0.3 is 0 Å². The number of anilines is 1. The van der Waals surface area contributed by atoms with Crippen molar-refractivity contribution in [2.75, 3.05) is 12.3 Å². The van der Waals surface area contributed by atoms with Crippen LogP contribution in [0.2, 0.25) is 0 Å². The van der Waals surface area contributed by atoms with Crippen molar-refractivity contribution in [1.29, 1.82) is 0 Å². The molecule has 0 atom stereocenters. The predicted molar refractivity (Wildman–Crippen MR) is 96.0 cm³/mol. The minimum absolute atomic E-state index is 0.0933. The summed E-state index contributed by atoms with van der Waals surface area (Å²) in [5.41, 5.74) is 9.30. The van der Waals surface area contributed by atoms with Gasteiger partial charge in [0.05, 0.1) is 11.4 Å². The number of hydrogen-bond acceptors (Lipinski definition) is 6. The van der Waals surface area contributed by atoms with E-state index in [4.69, 9.17) is 5.73 Å². The quantitative estimate of drug-likeness (QED) is 0.633. The number of amides is 1. The first-order valence-corrected chi connectivity index (χ1v) is 7.91. The molecule has 0 fully saturated rings. The maximum Gasteiger partial charge on any atom is 0.245 e. The summed E-state index contributed by atoms with van der Waals surface area (Å²) in [7, 11) is 0. The maximum absolute atomic E-state index is 11.5. The van der Waals surface area contributed by atoms with Crippen LogP contribution in [-0.2, 0) is 4.79 Å². The normalized spacial score (nSPS) is 14.7. The van der Waals surface area contributed by atoms with Gasteiger partial charge < -0.3 is 21.5 Å². The van der Waals surface area contributed by atoms with Crippen LogP contribution in [-0.4, -0.2) is 27.5 Å². The molecule has 2 aromatic rings. The van der Waals surface area contributed by atoms with Crippen molar-refractivity contribution in [2.45, 2.75) is 13.3 Å². The van der Waals surface area contributed by atoms with Crippen molar-refractivity contribution in [3.63, 3.8) is 0 Å². The van der Waals surface area contributed by atoms with Crippen molar-refractivity contribution in [3.8, 4) is 17.1 Å². The molecule has 1 aliphatic heterocycles. The van der Waals surface area contributed by atoms with E-state index in [1.165, 1.54) is 6.07 Å². The second kappa shape index (κ2) is 7.04. The molecular weight excluding hydrogens is 318 g/mol. The number of allylic oxidation sites excluding steroid dienone is 1. The summed E-state index contributed by atoms with van der Waals surface area (Å²) in [4.78, 5) is 20.3. The van der Waals surface area contributed by atoms with Gasteiger partial charge in [-0.25, -0.2) is 9.97 Å². The largest absolute Gasteiger partial charge is 0.508 e. The number of aromatic hydroxyl groups is 1. The lowest BCUT2D eigenvalue weighted by Gasteiger charge is -2.18. The Hall–Kier alpha value is -3.35. The highest BCUT2D eigenvalue weighted by Crippen LogP contribution is 2.27. The van der Waals surface area contributed by atoms with E-state index in [0.29, 0.717) is 29.3 Å². The smallest absolute Gasteiger partial charge is 0.245 e. The zero-order chi connectivity index (χ0) is 17.8. The summed E-state index contributed by atoms with van der Waals surface area (Å²) in [6, 6.07) is 6.47. The molecule has 128 valence electrons. The van der Waals surface area contributed by atoms with E-state index in [1.54, 1.807) is 30.5 Å². The molecule has 0 unspecified atom stereocenters. The highest BCUT2D eigenvalue weighted by atomic mass is 16.3. The molecule has 0 saturated heterocycles. The van der Waals surface area contributed by atoms with Gasteiger partial charge in [-0.2, -0.15) is 0 Å². The first kappa shape index (κ1) is 16.5. The standard InChI is InChI=1S/C18H19N5O2/c1-2-15(22-11-5-7-20-17(25)9-11)16-6-8-21-18(23-16)13-4-3-12(24)10-14(13)19/h2-4,6,8-10,22,24H,5,7,19H2,1H3,(H,20,25)/b15-2-. The zero-order valence-corrected chi connectivity index (χ0v) is 13.8. The van der Waals surface area contributed by atoms with E-state index in [2.05, 4.69) is 20.6 Å². The van der Waals surface area contributed by atoms with E-state index < -0.39 is 0 Å². The number of nitrogen functional groups attached to an aromatic ring is 1. The highest BCUT2D eigenvalue weighted by molar-refractivity contribution is 5.89. The molecule has 1 aromatic carbocycles. The molecule has 7 nitrogen and oxygen atoms in total. The van der Waals surface area contributed by atoms with E-state index in [0.717, 1.165) is 17.8 Å². The molecule has 0 spiro atoms. The SMILES string of the molecule is C/C=C(\NC1=CC(=O)NCC1)c1ccnc(-c2ccc(O)cc2N)n1. The summed E-state index contributed by atoms with van der Waals surface area (Å²) in [5.74, 6) is 0.451. The lowest BCUT2D eigenvalue weighted by atomic mass is 10.1. The average molecular weight is 337 g/mol. The van der Waals surface area contributed by atoms with Crippen LogP contribution < -0.4 is 16.4 Å². The van der Waals surface area contributed by atoms with E-state index in [1.807, 2.05) is 13.0 Å². The minimum Gasteiger partial charge on any atom is -0.508 e. The van der Waals surface area contributed by atoms with Crippen LogP contribution in [0.4, 0.5) is 5.69 Å². The lowest BCUT2D eigenvalue weighted by molar-refractivity contribution is -0.116. The molecule has 0 aliphatic carbocycles. The topological polar surface area (TPSA) is 113 Å². The summed E-state index contributed by atoms with van der Waals surface area (Å²) < 4.78 is 0. The Kier molecular flexibility index (Phi) is 4.65. The van der Waals surface area contributed by atoms with E-state index in [9.17, 15) is 9.90 Å². The fourth-order valence-electron chi connectivity index (χ4n) is 2.55. The third-order valence-electron chi connectivity index (χ3n) is 3.79. The molecule has 0 saturated carbocycles. The third-order valence-corrected chi connectivity index (χ3v) is 3.79. The molecule has 3 rings (SSSR count). The summed E-state index contributed by atoms with van der Waals surface area (Å²) in [6.45, 7) is 2.50. The van der Waals surface area contributed by atoms with Gasteiger partial charge in [0.15, 0.2) is 5.82 Å². The molecule has 1 amide bonds. The number of nitrogens with two attached hydrogens (primary N) is 1. The van der Waals surface area contributed by atoms with Crippen LogP contribution in [0.3, 0.4) is 0 Å². The minimum atomic E-state index is -0.107. The number of hydrogen-bond donors (Lipinski definition) is 4. The van der Waals surface area contributed by atoms with Crippen molar-refractivity contribution in [1.82, 2.24) is 20.6 Å². The Morgan fingerprint density at radius 3 is 2.96 bits per heavy atom. The van der Waals surface area contributed by atoms with Crippen LogP contribution in [0.15, 0.2) is 48.3 Å². The van der Waals surface area contributed by atoms with Crippen molar-refractivity contribution >= 4 is 17.3 Å². The Balaban J connectivity index is 1.90. The summed E-state index contributed by atoms with van der Waals surface area (Å²) in [5, 5.41) is 15.5. The number of phenolic OH excluding ortho intramolecular Hbond substituents is 1. The number of nitrogens with one attached hydrogen (secondary N) is 2. The number of aromatic nitrogens is 2. The second-order valence-corrected chi connectivity index (χ2v) is 5.57. The van der Waals surface area contributed by atoms with Gasteiger partial charge in [0, 0.05) is 48.3 Å². The number of carbonyl (C=O) groups is 1. The van der Waals surface area contributed by atoms with Crippen LogP contribution in [0.5, 0.6) is 5.75 Å². The van der Waals surface area contributed by atoms with Gasteiger partial charge in [0.1, 0.15) is 5.75 Å². The molecule has 2 heterocycles. The van der Waals surface area contributed by atoms with E-state index in [-0.39, 0.29) is 11.7 Å².